The first-order valence-corrected chi connectivity index (χ1v) is 11.2. The number of amides is 1. The van der Waals surface area contributed by atoms with Crippen LogP contribution in [0.25, 0.3) is 10.6 Å². The Kier molecular flexibility index (Phi) is 6.07. The number of aryl methyl sites for hydroxylation is 1. The Hall–Kier alpha value is -1.79. The first-order valence-electron chi connectivity index (χ1n) is 10.4. The molecule has 0 unspecified atom stereocenters. The fourth-order valence-corrected chi connectivity index (χ4v) is 5.41. The molecule has 0 aliphatic carbocycles. The second-order valence-electron chi connectivity index (χ2n) is 7.92. The number of aromatic nitrogens is 1. The van der Waals surface area contributed by atoms with Crippen LogP contribution in [0.15, 0.2) is 24.3 Å². The van der Waals surface area contributed by atoms with E-state index in [0.29, 0.717) is 15.9 Å². The predicted molar refractivity (Wildman–Crippen MR) is 111 cm³/mol. The van der Waals surface area contributed by atoms with Crippen molar-refractivity contribution in [1.29, 1.82) is 0 Å². The van der Waals surface area contributed by atoms with Gasteiger partial charge in [0.15, 0.2) is 0 Å². The number of nitrogens with zero attached hydrogens (tertiary/aromatic N) is 3. The maximum atomic E-state index is 13.5. The van der Waals surface area contributed by atoms with Gasteiger partial charge in [-0.1, -0.05) is 25.0 Å². The van der Waals surface area contributed by atoms with E-state index in [1.807, 2.05) is 17.9 Å². The lowest BCUT2D eigenvalue weighted by Gasteiger charge is -2.38. The molecule has 6 heteroatoms. The summed E-state index contributed by atoms with van der Waals surface area (Å²) in [5, 5.41) is 0.708. The highest BCUT2D eigenvalue weighted by Crippen LogP contribution is 2.30. The van der Waals surface area contributed by atoms with Crippen LogP contribution < -0.4 is 0 Å². The lowest BCUT2D eigenvalue weighted by Crippen LogP contribution is -2.47. The Labute approximate surface area is 170 Å². The van der Waals surface area contributed by atoms with Crippen LogP contribution in [0.4, 0.5) is 4.39 Å². The monoisotopic (exact) mass is 401 g/mol. The number of hydrogen-bond donors (Lipinski definition) is 0. The lowest BCUT2D eigenvalue weighted by atomic mass is 10.0. The van der Waals surface area contributed by atoms with E-state index in [2.05, 4.69) is 9.88 Å². The van der Waals surface area contributed by atoms with Gasteiger partial charge in [0.05, 0.1) is 5.69 Å². The molecule has 0 atom stereocenters. The van der Waals surface area contributed by atoms with Crippen LogP contribution in [0.3, 0.4) is 0 Å². The van der Waals surface area contributed by atoms with Gasteiger partial charge >= 0.3 is 0 Å². The number of rotatable bonds is 3. The van der Waals surface area contributed by atoms with E-state index >= 15 is 0 Å². The molecule has 0 radical (unpaired) electrons. The van der Waals surface area contributed by atoms with E-state index < -0.39 is 0 Å². The molecule has 2 aliphatic heterocycles. The molecule has 4 rings (SSSR count). The second kappa shape index (κ2) is 8.70. The Morgan fingerprint density at radius 3 is 2.50 bits per heavy atom. The summed E-state index contributed by atoms with van der Waals surface area (Å²) in [6, 6.07) is 7.02. The zero-order valence-corrected chi connectivity index (χ0v) is 17.3. The van der Waals surface area contributed by atoms with Crippen molar-refractivity contribution in [2.24, 2.45) is 0 Å². The highest BCUT2D eigenvalue weighted by Gasteiger charge is 2.29. The molecule has 2 fully saturated rings. The number of thiazole rings is 1. The zero-order valence-electron chi connectivity index (χ0n) is 16.5. The highest BCUT2D eigenvalue weighted by atomic mass is 32.1. The van der Waals surface area contributed by atoms with Gasteiger partial charge in [-0.05, 0) is 57.8 Å². The number of likely N-dealkylation sites (tertiary alicyclic amines) is 2. The molecule has 0 saturated carbocycles. The van der Waals surface area contributed by atoms with E-state index in [-0.39, 0.29) is 11.7 Å². The van der Waals surface area contributed by atoms with Crippen molar-refractivity contribution in [3.8, 4) is 10.6 Å². The van der Waals surface area contributed by atoms with Gasteiger partial charge in [0.25, 0.3) is 5.91 Å². The summed E-state index contributed by atoms with van der Waals surface area (Å²) in [6.07, 6.45) is 7.43. The second-order valence-corrected chi connectivity index (χ2v) is 8.92. The van der Waals surface area contributed by atoms with Crippen LogP contribution in [-0.2, 0) is 0 Å². The number of piperidine rings is 1. The molecule has 28 heavy (non-hydrogen) atoms. The molecule has 0 bridgehead atoms. The number of halogens is 1. The minimum atomic E-state index is -0.284. The number of carbonyl (C=O) groups is 1. The van der Waals surface area contributed by atoms with Crippen molar-refractivity contribution in [2.45, 2.75) is 51.5 Å². The Bertz CT molecular complexity index is 821. The third-order valence-corrected chi connectivity index (χ3v) is 7.17. The molecule has 1 aromatic heterocycles. The summed E-state index contributed by atoms with van der Waals surface area (Å²) >= 11 is 1.38. The third kappa shape index (κ3) is 4.28. The van der Waals surface area contributed by atoms with Crippen LogP contribution >= 0.6 is 11.3 Å². The average Bonchev–Trinajstić information content (AvgIpc) is 2.91. The Morgan fingerprint density at radius 2 is 1.82 bits per heavy atom. The molecule has 1 amide bonds. The highest BCUT2D eigenvalue weighted by molar-refractivity contribution is 7.17. The summed E-state index contributed by atoms with van der Waals surface area (Å²) in [5.74, 6) is -0.208. The molecule has 2 aromatic rings. The van der Waals surface area contributed by atoms with Crippen LogP contribution in [0.2, 0.25) is 0 Å². The lowest BCUT2D eigenvalue weighted by molar-refractivity contribution is 0.0626. The first kappa shape index (κ1) is 19.5. The third-order valence-electron chi connectivity index (χ3n) is 5.97. The van der Waals surface area contributed by atoms with Crippen molar-refractivity contribution in [1.82, 2.24) is 14.8 Å². The van der Waals surface area contributed by atoms with Crippen molar-refractivity contribution < 1.29 is 9.18 Å². The molecule has 1 aromatic carbocycles. The first-order chi connectivity index (χ1) is 13.6. The quantitative estimate of drug-likeness (QED) is 0.745. The summed E-state index contributed by atoms with van der Waals surface area (Å²) in [7, 11) is 0. The minimum Gasteiger partial charge on any atom is -0.338 e. The largest absolute Gasteiger partial charge is 0.338 e. The smallest absolute Gasteiger partial charge is 0.265 e. The van der Waals surface area contributed by atoms with Crippen molar-refractivity contribution >= 4 is 17.2 Å². The molecular formula is C22H28FN3OS. The Balaban J connectivity index is 1.41. The molecule has 2 saturated heterocycles. The van der Waals surface area contributed by atoms with Gasteiger partial charge in [0, 0.05) is 24.7 Å². The molecule has 150 valence electrons. The van der Waals surface area contributed by atoms with Gasteiger partial charge in [-0.25, -0.2) is 9.37 Å². The van der Waals surface area contributed by atoms with Crippen LogP contribution in [0.5, 0.6) is 0 Å². The minimum absolute atomic E-state index is 0.0759. The van der Waals surface area contributed by atoms with E-state index in [0.717, 1.165) is 37.2 Å². The summed E-state index contributed by atoms with van der Waals surface area (Å²) in [5.41, 5.74) is 1.47. The number of carbonyl (C=O) groups excluding carboxylic acids is 1. The SMILES string of the molecule is Cc1nc(-c2cccc(F)c2)sc1C(=O)N1CCC(N2CCCCCC2)CC1. The van der Waals surface area contributed by atoms with Gasteiger partial charge in [0.2, 0.25) is 0 Å². The van der Waals surface area contributed by atoms with Crippen molar-refractivity contribution in [2.75, 3.05) is 26.2 Å². The average molecular weight is 402 g/mol. The van der Waals surface area contributed by atoms with Gasteiger partial charge in [-0.15, -0.1) is 11.3 Å². The van der Waals surface area contributed by atoms with Crippen molar-refractivity contribution in [3.63, 3.8) is 0 Å². The molecule has 3 heterocycles. The van der Waals surface area contributed by atoms with Crippen LogP contribution in [0.1, 0.15) is 53.9 Å². The van der Waals surface area contributed by atoms with Crippen LogP contribution in [0, 0.1) is 12.7 Å². The van der Waals surface area contributed by atoms with E-state index in [9.17, 15) is 9.18 Å². The van der Waals surface area contributed by atoms with E-state index in [4.69, 9.17) is 0 Å². The maximum Gasteiger partial charge on any atom is 0.265 e. The van der Waals surface area contributed by atoms with Gasteiger partial charge < -0.3 is 9.80 Å². The van der Waals surface area contributed by atoms with Crippen molar-refractivity contribution in [3.05, 3.63) is 40.7 Å². The molecule has 0 spiro atoms. The zero-order chi connectivity index (χ0) is 19.5. The molecule has 0 N–H and O–H groups in total. The molecule has 2 aliphatic rings. The van der Waals surface area contributed by atoms with Crippen LogP contribution in [-0.4, -0.2) is 52.9 Å². The fraction of sp³-hybridized carbons (Fsp3) is 0.545. The fourth-order valence-electron chi connectivity index (χ4n) is 4.38. The summed E-state index contributed by atoms with van der Waals surface area (Å²) in [4.78, 5) is 22.9. The van der Waals surface area contributed by atoms with Gasteiger partial charge in [-0.2, -0.15) is 0 Å². The van der Waals surface area contributed by atoms with Gasteiger partial charge in [0.1, 0.15) is 15.7 Å². The van der Waals surface area contributed by atoms with Gasteiger partial charge in [-0.3, -0.25) is 4.79 Å². The number of hydrogen-bond acceptors (Lipinski definition) is 4. The van der Waals surface area contributed by atoms with E-state index in [1.54, 1.807) is 6.07 Å². The maximum absolute atomic E-state index is 13.5. The standard InChI is InChI=1S/C22H28FN3OS/c1-16-20(28-21(24-16)17-7-6-8-18(23)15-17)22(27)26-13-9-19(10-14-26)25-11-4-2-3-5-12-25/h6-8,15,19H,2-5,9-14H2,1H3. The summed E-state index contributed by atoms with van der Waals surface area (Å²) in [6.45, 7) is 5.92. The molecule has 4 nitrogen and oxygen atoms in total. The Morgan fingerprint density at radius 1 is 1.11 bits per heavy atom. The topological polar surface area (TPSA) is 36.4 Å². The molecular weight excluding hydrogens is 373 g/mol. The summed E-state index contributed by atoms with van der Waals surface area (Å²) < 4.78 is 13.5. The predicted octanol–water partition coefficient (Wildman–Crippen LogP) is 4.74. The normalized spacial score (nSPS) is 19.6. The number of benzene rings is 1. The van der Waals surface area contributed by atoms with E-state index in [1.165, 1.54) is 62.2 Å².